The number of hydrogen-bond donors (Lipinski definition) is 0. The van der Waals surface area contributed by atoms with Crippen LogP contribution in [0.25, 0.3) is 0 Å². The van der Waals surface area contributed by atoms with E-state index >= 15 is 0 Å². The molecule has 0 bridgehead atoms. The summed E-state index contributed by atoms with van der Waals surface area (Å²) in [6, 6.07) is 3.63. The predicted octanol–water partition coefficient (Wildman–Crippen LogP) is 4.59. The van der Waals surface area contributed by atoms with Gasteiger partial charge >= 0.3 is 6.18 Å². The molecule has 0 saturated heterocycles. The molecule has 0 saturated carbocycles. The van der Waals surface area contributed by atoms with Crippen LogP contribution in [0.15, 0.2) is 34.8 Å². The summed E-state index contributed by atoms with van der Waals surface area (Å²) < 4.78 is 37.9. The van der Waals surface area contributed by atoms with Crippen LogP contribution in [0.4, 0.5) is 13.2 Å². The van der Waals surface area contributed by atoms with Gasteiger partial charge in [-0.1, -0.05) is 28.1 Å². The first-order chi connectivity index (χ1) is 6.80. The van der Waals surface area contributed by atoms with Crippen molar-refractivity contribution in [2.45, 2.75) is 19.5 Å². The van der Waals surface area contributed by atoms with Crippen LogP contribution < -0.4 is 0 Å². The predicted molar refractivity (Wildman–Crippen MR) is 57.7 cm³/mol. The normalized spacial score (nSPS) is 11.5. The van der Waals surface area contributed by atoms with E-state index in [-0.39, 0.29) is 0 Å². The maximum Gasteiger partial charge on any atom is 0.416 e. The molecule has 15 heavy (non-hydrogen) atoms. The molecular formula is C11H10BrF3. The Kier molecular flexibility index (Phi) is 3.60. The minimum absolute atomic E-state index is 0.449. The molecule has 4 heteroatoms. The first-order valence-electron chi connectivity index (χ1n) is 4.30. The van der Waals surface area contributed by atoms with Gasteiger partial charge in [0.25, 0.3) is 0 Å². The molecular weight excluding hydrogens is 269 g/mol. The second-order valence-corrected chi connectivity index (χ2v) is 4.29. The third-order valence-electron chi connectivity index (χ3n) is 1.87. The highest BCUT2D eigenvalue weighted by Crippen LogP contribution is 2.32. The third-order valence-corrected chi connectivity index (χ3v) is 2.64. The van der Waals surface area contributed by atoms with Gasteiger partial charge in [0.05, 0.1) is 5.56 Å². The van der Waals surface area contributed by atoms with Crippen LogP contribution in [0, 0.1) is 0 Å². The summed E-state index contributed by atoms with van der Waals surface area (Å²) in [6.45, 7) is 5.47. The molecule has 1 rings (SSSR count). The summed E-state index contributed by atoms with van der Waals surface area (Å²) >= 11 is 3.22. The first-order valence-corrected chi connectivity index (χ1v) is 5.10. The first kappa shape index (κ1) is 12.3. The summed E-state index contributed by atoms with van der Waals surface area (Å²) in [5, 5.41) is 0. The lowest BCUT2D eigenvalue weighted by atomic mass is 10.0. The van der Waals surface area contributed by atoms with Crippen molar-refractivity contribution in [2.24, 2.45) is 0 Å². The van der Waals surface area contributed by atoms with E-state index in [0.29, 0.717) is 16.5 Å². The Hall–Kier alpha value is -0.770. The Labute approximate surface area is 94.9 Å². The van der Waals surface area contributed by atoms with Gasteiger partial charge in [0, 0.05) is 4.47 Å². The molecule has 0 spiro atoms. The molecule has 0 amide bonds. The third kappa shape index (κ3) is 3.38. The number of benzene rings is 1. The Morgan fingerprint density at radius 2 is 2.00 bits per heavy atom. The molecule has 0 aromatic heterocycles. The molecule has 0 aliphatic carbocycles. The van der Waals surface area contributed by atoms with Gasteiger partial charge in [-0.15, -0.1) is 0 Å². The fraction of sp³-hybridized carbons (Fsp3) is 0.273. The molecule has 0 heterocycles. The maximum absolute atomic E-state index is 12.4. The van der Waals surface area contributed by atoms with E-state index in [1.54, 1.807) is 6.92 Å². The van der Waals surface area contributed by atoms with E-state index in [9.17, 15) is 13.2 Å². The van der Waals surface area contributed by atoms with Gasteiger partial charge in [-0.25, -0.2) is 0 Å². The monoisotopic (exact) mass is 278 g/mol. The van der Waals surface area contributed by atoms with Crippen molar-refractivity contribution in [3.63, 3.8) is 0 Å². The zero-order valence-electron chi connectivity index (χ0n) is 8.16. The lowest BCUT2D eigenvalue weighted by Crippen LogP contribution is -2.05. The van der Waals surface area contributed by atoms with E-state index in [4.69, 9.17) is 0 Å². The molecule has 82 valence electrons. The molecule has 0 unspecified atom stereocenters. The zero-order chi connectivity index (χ0) is 11.6. The number of rotatable bonds is 2. The Morgan fingerprint density at radius 1 is 1.40 bits per heavy atom. The number of hydrogen-bond acceptors (Lipinski definition) is 0. The summed E-state index contributed by atoms with van der Waals surface area (Å²) in [4.78, 5) is 0. The average Bonchev–Trinajstić information content (AvgIpc) is 2.06. The van der Waals surface area contributed by atoms with Crippen LogP contribution in [0.5, 0.6) is 0 Å². The minimum Gasteiger partial charge on any atom is -0.166 e. The fourth-order valence-electron chi connectivity index (χ4n) is 1.21. The molecule has 1 aromatic rings. The van der Waals surface area contributed by atoms with Crippen LogP contribution in [0.3, 0.4) is 0 Å². The van der Waals surface area contributed by atoms with Crippen molar-refractivity contribution < 1.29 is 13.2 Å². The van der Waals surface area contributed by atoms with Crippen LogP contribution in [-0.4, -0.2) is 0 Å². The van der Waals surface area contributed by atoms with Crippen molar-refractivity contribution >= 4 is 15.9 Å². The standard InChI is InChI=1S/C11H10BrF3/c1-7(2)5-8-6-9(11(13,14)15)3-4-10(8)12/h3-4,6H,1,5H2,2H3. The lowest BCUT2D eigenvalue weighted by molar-refractivity contribution is -0.137. The van der Waals surface area contributed by atoms with Gasteiger partial charge in [0.15, 0.2) is 0 Å². The molecule has 0 atom stereocenters. The van der Waals surface area contributed by atoms with Crippen molar-refractivity contribution in [2.75, 3.05) is 0 Å². The SMILES string of the molecule is C=C(C)Cc1cc(C(F)(F)F)ccc1Br. The summed E-state index contributed by atoms with van der Waals surface area (Å²) in [6.07, 6.45) is -3.84. The van der Waals surface area contributed by atoms with E-state index in [1.807, 2.05) is 0 Å². The van der Waals surface area contributed by atoms with E-state index < -0.39 is 11.7 Å². The lowest BCUT2D eigenvalue weighted by Gasteiger charge is -2.10. The number of alkyl halides is 3. The number of allylic oxidation sites excluding steroid dienone is 1. The summed E-state index contributed by atoms with van der Waals surface area (Å²) in [5.74, 6) is 0. The molecule has 0 aliphatic rings. The highest BCUT2D eigenvalue weighted by atomic mass is 79.9. The van der Waals surface area contributed by atoms with Gasteiger partial charge in [0.1, 0.15) is 0 Å². The molecule has 1 aromatic carbocycles. The van der Waals surface area contributed by atoms with E-state index in [1.165, 1.54) is 6.07 Å². The topological polar surface area (TPSA) is 0 Å². The summed E-state index contributed by atoms with van der Waals surface area (Å²) in [5.41, 5.74) is 0.814. The van der Waals surface area contributed by atoms with Crippen LogP contribution >= 0.6 is 15.9 Å². The van der Waals surface area contributed by atoms with Crippen molar-refractivity contribution in [1.82, 2.24) is 0 Å². The zero-order valence-corrected chi connectivity index (χ0v) is 9.74. The highest BCUT2D eigenvalue weighted by Gasteiger charge is 2.30. The largest absolute Gasteiger partial charge is 0.416 e. The average molecular weight is 279 g/mol. The van der Waals surface area contributed by atoms with E-state index in [2.05, 4.69) is 22.5 Å². The fourth-order valence-corrected chi connectivity index (χ4v) is 1.60. The van der Waals surface area contributed by atoms with Crippen LogP contribution in [0.1, 0.15) is 18.1 Å². The van der Waals surface area contributed by atoms with Gasteiger partial charge in [-0.2, -0.15) is 13.2 Å². The van der Waals surface area contributed by atoms with E-state index in [0.717, 1.165) is 17.7 Å². The maximum atomic E-state index is 12.4. The quantitative estimate of drug-likeness (QED) is 0.695. The van der Waals surface area contributed by atoms with Crippen molar-refractivity contribution in [3.8, 4) is 0 Å². The van der Waals surface area contributed by atoms with Crippen LogP contribution in [-0.2, 0) is 12.6 Å². The van der Waals surface area contributed by atoms with Gasteiger partial charge < -0.3 is 0 Å². The molecule has 0 nitrogen and oxygen atoms in total. The molecule has 0 aliphatic heterocycles. The van der Waals surface area contributed by atoms with Gasteiger partial charge in [-0.3, -0.25) is 0 Å². The van der Waals surface area contributed by atoms with Gasteiger partial charge in [-0.05, 0) is 37.1 Å². The second kappa shape index (κ2) is 4.39. The highest BCUT2D eigenvalue weighted by molar-refractivity contribution is 9.10. The van der Waals surface area contributed by atoms with Crippen molar-refractivity contribution in [1.29, 1.82) is 0 Å². The minimum atomic E-state index is -4.29. The van der Waals surface area contributed by atoms with Crippen LogP contribution in [0.2, 0.25) is 0 Å². The Bertz CT molecular complexity index is 380. The Balaban J connectivity index is 3.11. The van der Waals surface area contributed by atoms with Crippen molar-refractivity contribution in [3.05, 3.63) is 46.0 Å². The summed E-state index contributed by atoms with van der Waals surface area (Å²) in [7, 11) is 0. The molecule has 0 fully saturated rings. The Morgan fingerprint density at radius 3 is 2.47 bits per heavy atom. The molecule has 0 N–H and O–H groups in total. The number of halogens is 4. The second-order valence-electron chi connectivity index (χ2n) is 3.44. The smallest absolute Gasteiger partial charge is 0.166 e. The van der Waals surface area contributed by atoms with Gasteiger partial charge in [0.2, 0.25) is 0 Å². The molecule has 0 radical (unpaired) electrons.